The summed E-state index contributed by atoms with van der Waals surface area (Å²) >= 11 is 5.86. The minimum atomic E-state index is -3.96. The van der Waals surface area contributed by atoms with Gasteiger partial charge in [0.25, 0.3) is 15.9 Å². The van der Waals surface area contributed by atoms with Crippen molar-refractivity contribution < 1.29 is 27.4 Å². The predicted molar refractivity (Wildman–Crippen MR) is 133 cm³/mol. The summed E-state index contributed by atoms with van der Waals surface area (Å²) < 4.78 is 44.9. The second kappa shape index (κ2) is 10.5. The summed E-state index contributed by atoms with van der Waals surface area (Å²) in [6, 6.07) is 18.2. The Morgan fingerprint density at radius 3 is 2.46 bits per heavy atom. The van der Waals surface area contributed by atoms with Gasteiger partial charge in [-0.2, -0.15) is 0 Å². The highest BCUT2D eigenvalue weighted by molar-refractivity contribution is 7.92. The third-order valence-corrected chi connectivity index (χ3v) is 7.45. The summed E-state index contributed by atoms with van der Waals surface area (Å²) in [7, 11) is -2.45. The van der Waals surface area contributed by atoms with Crippen LogP contribution >= 0.6 is 11.6 Å². The molecule has 0 aromatic heterocycles. The lowest BCUT2D eigenvalue weighted by atomic mass is 10.1. The lowest BCUT2D eigenvalue weighted by molar-refractivity contribution is -0.127. The molecule has 1 unspecified atom stereocenters. The highest BCUT2D eigenvalue weighted by Gasteiger charge is 2.37. The Morgan fingerprint density at radius 1 is 1.09 bits per heavy atom. The third-order valence-electron chi connectivity index (χ3n) is 5.41. The number of hydrogen-bond acceptors (Lipinski definition) is 6. The fourth-order valence-electron chi connectivity index (χ4n) is 3.59. The first kappa shape index (κ1) is 24.7. The first-order valence-corrected chi connectivity index (χ1v) is 12.7. The van der Waals surface area contributed by atoms with Gasteiger partial charge in [0.05, 0.1) is 30.8 Å². The summed E-state index contributed by atoms with van der Waals surface area (Å²) in [6.07, 6.45) is -1.03. The normalized spacial score (nSPS) is 15.1. The van der Waals surface area contributed by atoms with Crippen LogP contribution in [0.4, 0.5) is 5.69 Å². The van der Waals surface area contributed by atoms with Crippen LogP contribution in [0.2, 0.25) is 5.02 Å². The van der Waals surface area contributed by atoms with Crippen molar-refractivity contribution in [3.05, 3.63) is 77.3 Å². The molecule has 0 radical (unpaired) electrons. The smallest absolute Gasteiger partial charge is 0.264 e. The van der Waals surface area contributed by atoms with Crippen LogP contribution in [0.5, 0.6) is 17.2 Å². The van der Waals surface area contributed by atoms with E-state index in [0.717, 1.165) is 5.56 Å². The largest absolute Gasteiger partial charge is 0.497 e. The molecule has 3 aromatic rings. The zero-order valence-electron chi connectivity index (χ0n) is 19.2. The van der Waals surface area contributed by atoms with Gasteiger partial charge in [-0.1, -0.05) is 17.7 Å². The Balaban J connectivity index is 1.49. The van der Waals surface area contributed by atoms with Crippen molar-refractivity contribution in [3.8, 4) is 17.2 Å². The summed E-state index contributed by atoms with van der Waals surface area (Å²) in [4.78, 5) is 13.0. The second-order valence-electron chi connectivity index (χ2n) is 7.88. The van der Waals surface area contributed by atoms with Gasteiger partial charge in [0, 0.05) is 5.02 Å². The average Bonchev–Trinajstić information content (AvgIpc) is 2.86. The molecule has 1 aliphatic heterocycles. The fraction of sp³-hybridized carbons (Fsp3) is 0.240. The van der Waals surface area contributed by atoms with E-state index in [1.807, 2.05) is 6.92 Å². The summed E-state index contributed by atoms with van der Waals surface area (Å²) in [5.74, 6) is 1.05. The van der Waals surface area contributed by atoms with Crippen molar-refractivity contribution in [2.24, 2.45) is 0 Å². The van der Waals surface area contributed by atoms with E-state index in [9.17, 15) is 13.2 Å². The van der Waals surface area contributed by atoms with Crippen molar-refractivity contribution in [2.75, 3.05) is 31.1 Å². The summed E-state index contributed by atoms with van der Waals surface area (Å²) in [5.41, 5.74) is 1.25. The number of benzene rings is 3. The number of hydrogen-bond donors (Lipinski definition) is 1. The molecule has 1 N–H and O–H groups in total. The topological polar surface area (TPSA) is 94.2 Å². The zero-order valence-corrected chi connectivity index (χ0v) is 20.8. The number of methoxy groups -OCH3 is 1. The number of carbonyl (C=O) groups is 1. The number of nitrogens with one attached hydrogen (secondary N) is 1. The van der Waals surface area contributed by atoms with Gasteiger partial charge in [-0.3, -0.25) is 9.10 Å². The highest BCUT2D eigenvalue weighted by Crippen LogP contribution is 2.38. The van der Waals surface area contributed by atoms with E-state index in [1.165, 1.54) is 23.5 Å². The zero-order chi connectivity index (χ0) is 25.0. The monoisotopic (exact) mass is 516 g/mol. The molecule has 0 saturated carbocycles. The lowest BCUT2D eigenvalue weighted by Gasteiger charge is -2.35. The Morgan fingerprint density at radius 2 is 1.77 bits per heavy atom. The molecule has 1 amide bonds. The SMILES string of the molecule is COc1ccc(S(=O)(=O)N2CC(C(=O)NCCOc3ccc(Cl)cc3)Oc3cc(C)ccc32)cc1. The maximum atomic E-state index is 13.5. The molecule has 1 heterocycles. The van der Waals surface area contributed by atoms with Gasteiger partial charge >= 0.3 is 0 Å². The van der Waals surface area contributed by atoms with E-state index in [4.69, 9.17) is 25.8 Å². The molecule has 0 fully saturated rings. The number of nitrogens with zero attached hydrogens (tertiary/aromatic N) is 1. The predicted octanol–water partition coefficient (Wildman–Crippen LogP) is 3.81. The van der Waals surface area contributed by atoms with Gasteiger partial charge in [0.2, 0.25) is 0 Å². The van der Waals surface area contributed by atoms with Gasteiger partial charge in [-0.05, 0) is 73.2 Å². The van der Waals surface area contributed by atoms with Gasteiger partial charge in [-0.15, -0.1) is 0 Å². The van der Waals surface area contributed by atoms with Crippen LogP contribution < -0.4 is 23.8 Å². The lowest BCUT2D eigenvalue weighted by Crippen LogP contribution is -2.51. The van der Waals surface area contributed by atoms with Crippen LogP contribution in [-0.2, 0) is 14.8 Å². The standard InChI is InChI=1S/C25H25ClN2O6S/c1-17-3-12-22-23(15-17)34-24(25(29)27-13-14-33-20-6-4-18(26)5-7-20)16-28(22)35(30,31)21-10-8-19(32-2)9-11-21/h3-12,15,24H,13-14,16H2,1-2H3,(H,27,29). The van der Waals surface area contributed by atoms with E-state index >= 15 is 0 Å². The molecule has 0 spiro atoms. The van der Waals surface area contributed by atoms with Gasteiger partial charge in [0.15, 0.2) is 6.10 Å². The Bertz CT molecular complexity index is 1300. The second-order valence-corrected chi connectivity index (χ2v) is 10.2. The van der Waals surface area contributed by atoms with Crippen molar-refractivity contribution >= 4 is 33.2 Å². The van der Waals surface area contributed by atoms with E-state index < -0.39 is 22.0 Å². The van der Waals surface area contributed by atoms with Crippen molar-refractivity contribution in [2.45, 2.75) is 17.9 Å². The molecule has 3 aromatic carbocycles. The summed E-state index contributed by atoms with van der Waals surface area (Å²) in [6.45, 7) is 2.13. The van der Waals surface area contributed by atoms with Crippen LogP contribution in [0.25, 0.3) is 0 Å². The number of rotatable bonds is 8. The van der Waals surface area contributed by atoms with E-state index in [2.05, 4.69) is 5.32 Å². The number of anilines is 1. The molecule has 0 bridgehead atoms. The van der Waals surface area contributed by atoms with Crippen molar-refractivity contribution in [1.29, 1.82) is 0 Å². The number of aryl methyl sites for hydroxylation is 1. The molecule has 1 atom stereocenters. The molecule has 0 aliphatic carbocycles. The highest BCUT2D eigenvalue weighted by atomic mass is 35.5. The molecule has 8 nitrogen and oxygen atoms in total. The molecule has 0 saturated heterocycles. The number of fused-ring (bicyclic) bond motifs is 1. The Hall–Kier alpha value is -3.43. The number of sulfonamides is 1. The fourth-order valence-corrected chi connectivity index (χ4v) is 5.19. The molecule has 10 heteroatoms. The Labute approximate surface area is 209 Å². The molecule has 1 aliphatic rings. The van der Waals surface area contributed by atoms with Gasteiger partial charge in [0.1, 0.15) is 23.9 Å². The molecular weight excluding hydrogens is 492 g/mol. The molecule has 35 heavy (non-hydrogen) atoms. The number of amides is 1. The average molecular weight is 517 g/mol. The summed E-state index contributed by atoms with van der Waals surface area (Å²) in [5, 5.41) is 3.35. The number of ether oxygens (including phenoxy) is 3. The number of carbonyl (C=O) groups excluding carboxylic acids is 1. The number of halogens is 1. The minimum absolute atomic E-state index is 0.0854. The van der Waals surface area contributed by atoms with Crippen molar-refractivity contribution in [3.63, 3.8) is 0 Å². The Kier molecular flexibility index (Phi) is 7.37. The minimum Gasteiger partial charge on any atom is -0.497 e. The first-order chi connectivity index (χ1) is 16.8. The first-order valence-electron chi connectivity index (χ1n) is 10.9. The maximum absolute atomic E-state index is 13.5. The van der Waals surface area contributed by atoms with Crippen LogP contribution in [0.15, 0.2) is 71.6 Å². The van der Waals surface area contributed by atoms with Crippen LogP contribution in [0.3, 0.4) is 0 Å². The van der Waals surface area contributed by atoms with Crippen LogP contribution in [0.1, 0.15) is 5.56 Å². The third kappa shape index (κ3) is 5.63. The van der Waals surface area contributed by atoms with E-state index in [1.54, 1.807) is 54.6 Å². The molecule has 4 rings (SSSR count). The van der Waals surface area contributed by atoms with E-state index in [0.29, 0.717) is 28.0 Å². The quantitative estimate of drug-likeness (QED) is 0.458. The van der Waals surface area contributed by atoms with Crippen molar-refractivity contribution in [1.82, 2.24) is 5.32 Å². The van der Waals surface area contributed by atoms with Crippen LogP contribution in [-0.4, -0.2) is 47.2 Å². The van der Waals surface area contributed by atoms with Crippen LogP contribution in [0, 0.1) is 6.92 Å². The van der Waals surface area contributed by atoms with E-state index in [-0.39, 0.29) is 24.6 Å². The molecule has 184 valence electrons. The maximum Gasteiger partial charge on any atom is 0.264 e. The van der Waals surface area contributed by atoms with Gasteiger partial charge < -0.3 is 19.5 Å². The molecular formula is C25H25ClN2O6S. The van der Waals surface area contributed by atoms with Gasteiger partial charge in [-0.25, -0.2) is 8.42 Å².